The molecular formula is C18H21N3O4S2. The van der Waals surface area contributed by atoms with E-state index in [1.165, 1.54) is 12.1 Å². The van der Waals surface area contributed by atoms with E-state index >= 15 is 0 Å². The van der Waals surface area contributed by atoms with E-state index in [2.05, 4.69) is 17.4 Å². The molecule has 2 aromatic rings. The number of sulfonamides is 1. The first kappa shape index (κ1) is 19.7. The molecule has 0 saturated heterocycles. The van der Waals surface area contributed by atoms with Crippen LogP contribution in [0, 0.1) is 10.1 Å². The second-order valence-corrected chi connectivity index (χ2v) is 9.36. The molecule has 27 heavy (non-hydrogen) atoms. The third-order valence-corrected chi connectivity index (χ3v) is 6.89. The first-order valence-corrected chi connectivity index (χ1v) is 11.1. The summed E-state index contributed by atoms with van der Waals surface area (Å²) in [4.78, 5) is 11.8. The van der Waals surface area contributed by atoms with Gasteiger partial charge >= 0.3 is 0 Å². The van der Waals surface area contributed by atoms with Crippen LogP contribution in [0.15, 0.2) is 58.3 Å². The molecule has 2 aromatic carbocycles. The third-order valence-electron chi connectivity index (χ3n) is 4.57. The van der Waals surface area contributed by atoms with Crippen LogP contribution >= 0.6 is 11.8 Å². The quantitative estimate of drug-likeness (QED) is 0.556. The SMILES string of the molecule is NS(=O)(=O)c1ccc(N[C@H]2CCCC[C@H]2Sc2ccccc2)c([N+](=O)[O-])c1. The van der Waals surface area contributed by atoms with Crippen molar-refractivity contribution in [2.45, 2.75) is 46.8 Å². The highest BCUT2D eigenvalue weighted by atomic mass is 32.2. The van der Waals surface area contributed by atoms with E-state index in [0.717, 1.165) is 36.6 Å². The molecule has 0 unspecified atom stereocenters. The predicted molar refractivity (Wildman–Crippen MR) is 106 cm³/mol. The number of thioether (sulfide) groups is 1. The largest absolute Gasteiger partial charge is 0.376 e. The van der Waals surface area contributed by atoms with Gasteiger partial charge in [-0.3, -0.25) is 10.1 Å². The molecule has 2 atom stereocenters. The number of anilines is 1. The number of nitrogens with one attached hydrogen (secondary N) is 1. The lowest BCUT2D eigenvalue weighted by Gasteiger charge is -2.32. The lowest BCUT2D eigenvalue weighted by atomic mass is 9.94. The molecule has 0 radical (unpaired) electrons. The molecule has 0 aliphatic heterocycles. The van der Waals surface area contributed by atoms with Crippen LogP contribution in [0.3, 0.4) is 0 Å². The summed E-state index contributed by atoms with van der Waals surface area (Å²) in [5.74, 6) is 0. The van der Waals surface area contributed by atoms with Gasteiger partial charge in [0.2, 0.25) is 10.0 Å². The Kier molecular flexibility index (Phi) is 6.03. The second kappa shape index (κ2) is 8.28. The van der Waals surface area contributed by atoms with Gasteiger partial charge in [-0.25, -0.2) is 13.6 Å². The van der Waals surface area contributed by atoms with Gasteiger partial charge in [-0.15, -0.1) is 11.8 Å². The molecule has 3 N–H and O–H groups in total. The maximum absolute atomic E-state index is 11.5. The van der Waals surface area contributed by atoms with Crippen LogP contribution in [-0.4, -0.2) is 24.6 Å². The molecule has 7 nitrogen and oxygen atoms in total. The van der Waals surface area contributed by atoms with E-state index < -0.39 is 14.9 Å². The Balaban J connectivity index is 1.84. The molecule has 1 aliphatic carbocycles. The molecule has 9 heteroatoms. The zero-order valence-corrected chi connectivity index (χ0v) is 16.2. The number of primary sulfonamides is 1. The van der Waals surface area contributed by atoms with Crippen molar-refractivity contribution in [1.29, 1.82) is 0 Å². The lowest BCUT2D eigenvalue weighted by molar-refractivity contribution is -0.384. The van der Waals surface area contributed by atoms with Crippen molar-refractivity contribution < 1.29 is 13.3 Å². The highest BCUT2D eigenvalue weighted by Gasteiger charge is 2.28. The van der Waals surface area contributed by atoms with Crippen LogP contribution < -0.4 is 10.5 Å². The number of nitrogens with two attached hydrogens (primary N) is 1. The van der Waals surface area contributed by atoms with Crippen molar-refractivity contribution in [3.63, 3.8) is 0 Å². The average molecular weight is 408 g/mol. The number of nitrogens with zero attached hydrogens (tertiary/aromatic N) is 1. The summed E-state index contributed by atoms with van der Waals surface area (Å²) in [5.41, 5.74) is 0.0357. The molecule has 0 heterocycles. The van der Waals surface area contributed by atoms with Gasteiger partial charge in [0.1, 0.15) is 5.69 Å². The van der Waals surface area contributed by atoms with Crippen LogP contribution in [-0.2, 0) is 10.0 Å². The van der Waals surface area contributed by atoms with E-state index in [4.69, 9.17) is 5.14 Å². The third kappa shape index (κ3) is 5.00. The number of hydrogen-bond donors (Lipinski definition) is 2. The summed E-state index contributed by atoms with van der Waals surface area (Å²) < 4.78 is 23.0. The van der Waals surface area contributed by atoms with E-state index in [0.29, 0.717) is 5.69 Å². The summed E-state index contributed by atoms with van der Waals surface area (Å²) in [6, 6.07) is 13.9. The first-order chi connectivity index (χ1) is 12.8. The minimum absolute atomic E-state index is 0.0583. The Morgan fingerprint density at radius 3 is 2.48 bits per heavy atom. The Labute approximate surface area is 162 Å². The summed E-state index contributed by atoms with van der Waals surface area (Å²) in [5, 5.41) is 20.1. The van der Waals surface area contributed by atoms with Crippen LogP contribution in [0.2, 0.25) is 0 Å². The van der Waals surface area contributed by atoms with Gasteiger partial charge in [0.15, 0.2) is 0 Å². The molecule has 1 saturated carbocycles. The van der Waals surface area contributed by atoms with Crippen molar-refractivity contribution in [3.8, 4) is 0 Å². The fourth-order valence-corrected chi connectivity index (χ4v) is 5.09. The molecule has 0 spiro atoms. The van der Waals surface area contributed by atoms with Crippen LogP contribution in [0.1, 0.15) is 25.7 Å². The van der Waals surface area contributed by atoms with Gasteiger partial charge < -0.3 is 5.32 Å². The summed E-state index contributed by atoms with van der Waals surface area (Å²) >= 11 is 1.77. The minimum Gasteiger partial charge on any atom is -0.376 e. The fraction of sp³-hybridized carbons (Fsp3) is 0.333. The normalized spacial score (nSPS) is 20.2. The Morgan fingerprint density at radius 1 is 1.11 bits per heavy atom. The van der Waals surface area contributed by atoms with Gasteiger partial charge in [-0.1, -0.05) is 31.0 Å². The van der Waals surface area contributed by atoms with Crippen LogP contribution in [0.4, 0.5) is 11.4 Å². The van der Waals surface area contributed by atoms with Crippen molar-refractivity contribution in [2.75, 3.05) is 5.32 Å². The predicted octanol–water partition coefficient (Wildman–Crippen LogP) is 3.76. The maximum Gasteiger partial charge on any atom is 0.293 e. The molecule has 0 bridgehead atoms. The standard InChI is InChI=1S/C18H21N3O4S2/c19-27(24,25)14-10-11-15(17(12-14)21(22)23)20-16-8-4-5-9-18(16)26-13-6-2-1-3-7-13/h1-3,6-7,10-12,16,18,20H,4-5,8-9H2,(H2,19,24,25)/t16-,18+/m0/s1. The van der Waals surface area contributed by atoms with Crippen LogP contribution in [0.25, 0.3) is 0 Å². The second-order valence-electron chi connectivity index (χ2n) is 6.49. The number of hydrogen-bond acceptors (Lipinski definition) is 6. The smallest absolute Gasteiger partial charge is 0.293 e. The molecule has 3 rings (SSSR count). The fourth-order valence-electron chi connectivity index (χ4n) is 3.24. The zero-order valence-electron chi connectivity index (χ0n) is 14.6. The zero-order chi connectivity index (χ0) is 19.4. The van der Waals surface area contributed by atoms with Gasteiger partial charge in [0.25, 0.3) is 5.69 Å². The highest BCUT2D eigenvalue weighted by Crippen LogP contribution is 2.37. The van der Waals surface area contributed by atoms with E-state index in [1.54, 1.807) is 11.8 Å². The minimum atomic E-state index is -4.00. The first-order valence-electron chi connectivity index (χ1n) is 8.64. The summed E-state index contributed by atoms with van der Waals surface area (Å²) in [6.45, 7) is 0. The topological polar surface area (TPSA) is 115 Å². The molecule has 0 amide bonds. The molecule has 1 fully saturated rings. The van der Waals surface area contributed by atoms with E-state index in [1.807, 2.05) is 18.2 Å². The van der Waals surface area contributed by atoms with Gasteiger partial charge in [0, 0.05) is 22.3 Å². The molecular weight excluding hydrogens is 386 g/mol. The van der Waals surface area contributed by atoms with Gasteiger partial charge in [-0.05, 0) is 37.1 Å². The van der Waals surface area contributed by atoms with Crippen molar-refractivity contribution >= 4 is 33.2 Å². The molecule has 144 valence electrons. The van der Waals surface area contributed by atoms with Crippen LogP contribution in [0.5, 0.6) is 0 Å². The number of benzene rings is 2. The Hall–Kier alpha value is -2.10. The van der Waals surface area contributed by atoms with Crippen molar-refractivity contribution in [1.82, 2.24) is 0 Å². The van der Waals surface area contributed by atoms with E-state index in [-0.39, 0.29) is 21.9 Å². The Morgan fingerprint density at radius 2 is 1.81 bits per heavy atom. The number of nitro benzene ring substituents is 1. The summed E-state index contributed by atoms with van der Waals surface area (Å²) in [6.07, 6.45) is 4.08. The lowest BCUT2D eigenvalue weighted by Crippen LogP contribution is -2.34. The Bertz CT molecular complexity index is 919. The van der Waals surface area contributed by atoms with E-state index in [9.17, 15) is 18.5 Å². The maximum atomic E-state index is 11.5. The monoisotopic (exact) mass is 407 g/mol. The number of nitro groups is 1. The highest BCUT2D eigenvalue weighted by molar-refractivity contribution is 8.00. The van der Waals surface area contributed by atoms with Gasteiger partial charge in [-0.2, -0.15) is 0 Å². The number of rotatable bonds is 6. The van der Waals surface area contributed by atoms with Gasteiger partial charge in [0.05, 0.1) is 9.82 Å². The summed E-state index contributed by atoms with van der Waals surface area (Å²) in [7, 11) is -4.00. The molecule has 0 aromatic heterocycles. The van der Waals surface area contributed by atoms with Crippen molar-refractivity contribution in [2.24, 2.45) is 5.14 Å². The molecule has 1 aliphatic rings. The van der Waals surface area contributed by atoms with Crippen molar-refractivity contribution in [3.05, 3.63) is 58.6 Å². The average Bonchev–Trinajstić information content (AvgIpc) is 2.63.